The fraction of sp³-hybridized carbons (Fsp3) is 0.111. The van der Waals surface area contributed by atoms with E-state index < -0.39 is 0 Å². The fourth-order valence-electron chi connectivity index (χ4n) is 1.19. The number of thiophene rings is 1. The molecule has 15 heavy (non-hydrogen) atoms. The topological polar surface area (TPSA) is 44.5 Å². The quantitative estimate of drug-likeness (QED) is 0.532. The molecule has 2 aromatic rings. The minimum atomic E-state index is 0.735. The molecule has 0 unspecified atom stereocenters. The van der Waals surface area contributed by atoms with Crippen LogP contribution in [0.2, 0.25) is 0 Å². The minimum absolute atomic E-state index is 0.735. The van der Waals surface area contributed by atoms with Gasteiger partial charge in [0.1, 0.15) is 4.21 Å². The van der Waals surface area contributed by atoms with Crippen molar-refractivity contribution in [3.8, 4) is 0 Å². The normalized spacial score (nSPS) is 11.1. The van der Waals surface area contributed by atoms with Crippen LogP contribution in [0.3, 0.4) is 0 Å². The zero-order valence-electron chi connectivity index (χ0n) is 7.82. The van der Waals surface area contributed by atoms with Crippen molar-refractivity contribution >= 4 is 55.1 Å². The molecule has 0 aliphatic rings. The highest BCUT2D eigenvalue weighted by Gasteiger charge is 2.10. The van der Waals surface area contributed by atoms with Crippen molar-refractivity contribution < 1.29 is 9.22 Å². The summed E-state index contributed by atoms with van der Waals surface area (Å²) in [5.41, 5.74) is 6.72. The molecule has 6 heteroatoms. The van der Waals surface area contributed by atoms with Crippen LogP contribution in [0.4, 0.5) is 5.69 Å². The van der Waals surface area contributed by atoms with E-state index in [1.54, 1.807) is 11.3 Å². The van der Waals surface area contributed by atoms with Gasteiger partial charge in [0, 0.05) is 14.6 Å². The Bertz CT molecular complexity index is 486. The van der Waals surface area contributed by atoms with Crippen LogP contribution in [-0.2, 0) is 9.22 Å². The Morgan fingerprint density at radius 3 is 3.00 bits per heavy atom. The Balaban J connectivity index is 2.45. The molecule has 0 fully saturated rings. The lowest BCUT2D eigenvalue weighted by atomic mass is 10.2. The average Bonchev–Trinajstić information content (AvgIpc) is 2.53. The molecule has 0 aliphatic heterocycles. The number of nitrogens with two attached hydrogens (primary N) is 1. The number of benzene rings is 1. The van der Waals surface area contributed by atoms with E-state index in [2.05, 4.69) is 20.8 Å². The van der Waals surface area contributed by atoms with Crippen LogP contribution >= 0.6 is 39.3 Å². The maximum atomic E-state index is 5.98. The van der Waals surface area contributed by atoms with Gasteiger partial charge >= 0.3 is 0 Å². The van der Waals surface area contributed by atoms with Crippen molar-refractivity contribution in [1.82, 2.24) is 0 Å². The van der Waals surface area contributed by atoms with Gasteiger partial charge in [0.2, 0.25) is 0 Å². The summed E-state index contributed by atoms with van der Waals surface area (Å²) in [7, 11) is 1.47. The van der Waals surface area contributed by atoms with E-state index in [1.165, 1.54) is 7.11 Å². The maximum Gasteiger partial charge on any atom is 0.115 e. The van der Waals surface area contributed by atoms with Crippen molar-refractivity contribution in [2.45, 2.75) is 4.21 Å². The molecule has 3 nitrogen and oxygen atoms in total. The molecule has 0 amide bonds. The predicted octanol–water partition coefficient (Wildman–Crippen LogP) is 3.83. The SMILES string of the molecule is COOSc1sc2ccc(Br)cc2c1N. The third-order valence-electron chi connectivity index (χ3n) is 1.83. The van der Waals surface area contributed by atoms with Crippen molar-refractivity contribution in [3.63, 3.8) is 0 Å². The van der Waals surface area contributed by atoms with Crippen LogP contribution in [0.5, 0.6) is 0 Å². The summed E-state index contributed by atoms with van der Waals surface area (Å²) in [6.45, 7) is 0. The average molecular weight is 306 g/mol. The molecule has 0 bridgehead atoms. The molecule has 0 atom stereocenters. The smallest absolute Gasteiger partial charge is 0.115 e. The second-order valence-corrected chi connectivity index (χ2v) is 5.70. The highest BCUT2D eigenvalue weighted by molar-refractivity contribution is 9.10. The standard InChI is InChI=1S/C9H8BrNO2S2/c1-12-13-15-9-8(11)6-4-5(10)2-3-7(6)14-9/h2-4H,11H2,1H3. The number of hydrogen-bond donors (Lipinski definition) is 1. The Hall–Kier alpha value is -0.270. The van der Waals surface area contributed by atoms with Crippen molar-refractivity contribution in [2.75, 3.05) is 12.8 Å². The fourth-order valence-corrected chi connectivity index (χ4v) is 3.21. The second-order valence-electron chi connectivity index (χ2n) is 2.76. The summed E-state index contributed by atoms with van der Waals surface area (Å²) >= 11 is 6.13. The van der Waals surface area contributed by atoms with Crippen LogP contribution in [0.15, 0.2) is 26.9 Å². The molecule has 0 spiro atoms. The first-order valence-corrected chi connectivity index (χ1v) is 6.42. The van der Waals surface area contributed by atoms with Crippen LogP contribution in [0.25, 0.3) is 10.1 Å². The van der Waals surface area contributed by atoms with Crippen LogP contribution < -0.4 is 5.73 Å². The lowest BCUT2D eigenvalue weighted by Gasteiger charge is -1.96. The van der Waals surface area contributed by atoms with Gasteiger partial charge in [-0.25, -0.2) is 4.89 Å². The number of fused-ring (bicyclic) bond motifs is 1. The van der Waals surface area contributed by atoms with Gasteiger partial charge in [0.05, 0.1) is 24.8 Å². The largest absolute Gasteiger partial charge is 0.397 e. The zero-order valence-corrected chi connectivity index (χ0v) is 11.0. The Morgan fingerprint density at radius 2 is 2.27 bits per heavy atom. The summed E-state index contributed by atoms with van der Waals surface area (Å²) in [5, 5.41) is 1.04. The summed E-state index contributed by atoms with van der Waals surface area (Å²) < 4.78 is 7.86. The van der Waals surface area contributed by atoms with E-state index in [0.717, 1.165) is 36.5 Å². The predicted molar refractivity (Wildman–Crippen MR) is 67.9 cm³/mol. The van der Waals surface area contributed by atoms with Gasteiger partial charge in [0.25, 0.3) is 0 Å². The number of nitrogen functional groups attached to an aromatic ring is 1. The van der Waals surface area contributed by atoms with E-state index >= 15 is 0 Å². The first-order valence-electron chi connectivity index (χ1n) is 4.07. The molecule has 2 rings (SSSR count). The van der Waals surface area contributed by atoms with Gasteiger partial charge in [-0.15, -0.1) is 11.3 Å². The highest BCUT2D eigenvalue weighted by atomic mass is 79.9. The zero-order chi connectivity index (χ0) is 10.8. The summed E-state index contributed by atoms with van der Waals surface area (Å²) in [4.78, 5) is 4.53. The molecule has 2 N–H and O–H groups in total. The van der Waals surface area contributed by atoms with E-state index in [-0.39, 0.29) is 0 Å². The molecular weight excluding hydrogens is 298 g/mol. The second kappa shape index (κ2) is 4.71. The first-order chi connectivity index (χ1) is 7.22. The van der Waals surface area contributed by atoms with Crippen molar-refractivity contribution in [2.24, 2.45) is 0 Å². The van der Waals surface area contributed by atoms with Crippen molar-refractivity contribution in [3.05, 3.63) is 22.7 Å². The van der Waals surface area contributed by atoms with Gasteiger partial charge in [-0.2, -0.15) is 4.33 Å². The molecule has 1 heterocycles. The van der Waals surface area contributed by atoms with Crippen LogP contribution in [0.1, 0.15) is 0 Å². The van der Waals surface area contributed by atoms with E-state index in [9.17, 15) is 0 Å². The van der Waals surface area contributed by atoms with Gasteiger partial charge in [-0.3, -0.25) is 0 Å². The van der Waals surface area contributed by atoms with Crippen LogP contribution in [0, 0.1) is 0 Å². The Labute approximate surface area is 104 Å². The number of halogens is 1. The molecule has 1 aromatic carbocycles. The van der Waals surface area contributed by atoms with Gasteiger partial charge in [-0.1, -0.05) is 15.9 Å². The van der Waals surface area contributed by atoms with E-state index in [1.807, 2.05) is 18.2 Å². The molecule has 0 aliphatic carbocycles. The van der Waals surface area contributed by atoms with Crippen molar-refractivity contribution in [1.29, 1.82) is 0 Å². The monoisotopic (exact) mass is 305 g/mol. The first kappa shape index (κ1) is 11.2. The minimum Gasteiger partial charge on any atom is -0.397 e. The number of rotatable bonds is 3. The van der Waals surface area contributed by atoms with Gasteiger partial charge in [0.15, 0.2) is 0 Å². The molecular formula is C9H8BrNO2S2. The van der Waals surface area contributed by atoms with Gasteiger partial charge in [-0.05, 0) is 18.2 Å². The maximum absolute atomic E-state index is 5.98. The molecule has 80 valence electrons. The lowest BCUT2D eigenvalue weighted by Crippen LogP contribution is -1.84. The third-order valence-corrected chi connectivity index (χ3v) is 4.34. The van der Waals surface area contributed by atoms with E-state index in [0.29, 0.717) is 0 Å². The number of anilines is 1. The van der Waals surface area contributed by atoms with Gasteiger partial charge < -0.3 is 5.73 Å². The summed E-state index contributed by atoms with van der Waals surface area (Å²) in [6.07, 6.45) is 0. The molecule has 0 saturated heterocycles. The number of hydrogen-bond acceptors (Lipinski definition) is 5. The molecule has 0 radical (unpaired) electrons. The summed E-state index contributed by atoms with van der Waals surface area (Å²) in [5.74, 6) is 0. The highest BCUT2D eigenvalue weighted by Crippen LogP contribution is 2.41. The summed E-state index contributed by atoms with van der Waals surface area (Å²) in [6, 6.07) is 6.01. The van der Waals surface area contributed by atoms with E-state index in [4.69, 9.17) is 10.1 Å². The molecule has 0 saturated carbocycles. The Kier molecular flexibility index (Phi) is 3.53. The molecule has 1 aromatic heterocycles. The lowest BCUT2D eigenvalue weighted by molar-refractivity contribution is -0.160. The van der Waals surface area contributed by atoms with Crippen LogP contribution in [-0.4, -0.2) is 7.11 Å². The Morgan fingerprint density at radius 1 is 1.47 bits per heavy atom. The third kappa shape index (κ3) is 2.29.